The van der Waals surface area contributed by atoms with E-state index >= 15 is 0 Å². The molecular formula is C14H17N5OS. The van der Waals surface area contributed by atoms with Crippen molar-refractivity contribution < 1.29 is 4.74 Å². The largest absolute Gasteiger partial charge is 0.383 e. The minimum absolute atomic E-state index is 0.0494. The lowest BCUT2D eigenvalue weighted by molar-refractivity contribution is 0.196. The van der Waals surface area contributed by atoms with Crippen LogP contribution < -0.4 is 5.32 Å². The van der Waals surface area contributed by atoms with Gasteiger partial charge in [-0.1, -0.05) is 0 Å². The first kappa shape index (κ1) is 14.1. The number of nitrogens with one attached hydrogen (secondary N) is 1. The second-order valence-electron chi connectivity index (χ2n) is 4.76. The van der Waals surface area contributed by atoms with Crippen molar-refractivity contribution in [1.82, 2.24) is 25.5 Å². The van der Waals surface area contributed by atoms with E-state index in [9.17, 15) is 0 Å². The smallest absolute Gasteiger partial charge is 0.173 e. The summed E-state index contributed by atoms with van der Waals surface area (Å²) in [6.07, 6.45) is 0. The van der Waals surface area contributed by atoms with Crippen LogP contribution in [-0.4, -0.2) is 40.5 Å². The molecule has 0 bridgehead atoms. The Balaban J connectivity index is 1.87. The Labute approximate surface area is 126 Å². The topological polar surface area (TPSA) is 64.9 Å². The highest BCUT2D eigenvalue weighted by molar-refractivity contribution is 7.17. The first-order valence-electron chi connectivity index (χ1n) is 6.78. The molecule has 0 radical (unpaired) electrons. The quantitative estimate of drug-likeness (QED) is 0.707. The number of methoxy groups -OCH3 is 1. The fraction of sp³-hybridized carbons (Fsp3) is 0.357. The highest BCUT2D eigenvalue weighted by Gasteiger charge is 2.15. The third kappa shape index (κ3) is 2.94. The summed E-state index contributed by atoms with van der Waals surface area (Å²) >= 11 is 1.73. The van der Waals surface area contributed by atoms with Crippen molar-refractivity contribution >= 4 is 21.4 Å². The number of thiophene rings is 1. The van der Waals surface area contributed by atoms with E-state index in [0.29, 0.717) is 6.61 Å². The Bertz CT molecular complexity index is 723. The van der Waals surface area contributed by atoms with Crippen LogP contribution in [0.1, 0.15) is 18.8 Å². The molecule has 0 amide bonds. The molecule has 6 nitrogen and oxygen atoms in total. The van der Waals surface area contributed by atoms with Crippen LogP contribution in [0.4, 0.5) is 0 Å². The highest BCUT2D eigenvalue weighted by atomic mass is 32.1. The van der Waals surface area contributed by atoms with Crippen LogP contribution in [0.5, 0.6) is 0 Å². The molecule has 110 valence electrons. The molecule has 3 rings (SSSR count). The van der Waals surface area contributed by atoms with Crippen LogP contribution in [0.3, 0.4) is 0 Å². The number of tetrazole rings is 1. The first-order chi connectivity index (χ1) is 10.3. The highest BCUT2D eigenvalue weighted by Crippen LogP contribution is 2.24. The molecule has 0 saturated heterocycles. The van der Waals surface area contributed by atoms with Crippen LogP contribution >= 0.6 is 11.3 Å². The number of ether oxygens (including phenoxy) is 1. The molecule has 0 aliphatic rings. The zero-order valence-corrected chi connectivity index (χ0v) is 12.8. The Hall–Kier alpha value is -1.83. The van der Waals surface area contributed by atoms with E-state index in [1.807, 2.05) is 13.0 Å². The standard InChI is InChI=1S/C14H17N5OS/c1-10(15-6-7-20-2)14-16-17-18-19(14)12-3-4-13-11(9-12)5-8-21-13/h3-5,8-10,15H,6-7H2,1-2H3. The van der Waals surface area contributed by atoms with Gasteiger partial charge in [0.25, 0.3) is 0 Å². The van der Waals surface area contributed by atoms with E-state index in [1.165, 1.54) is 10.1 Å². The molecule has 0 spiro atoms. The van der Waals surface area contributed by atoms with Gasteiger partial charge in [-0.2, -0.15) is 4.68 Å². The summed E-state index contributed by atoms with van der Waals surface area (Å²) in [6, 6.07) is 8.40. The molecule has 7 heteroatoms. The lowest BCUT2D eigenvalue weighted by atomic mass is 10.2. The van der Waals surface area contributed by atoms with Gasteiger partial charge in [0.2, 0.25) is 0 Å². The summed E-state index contributed by atoms with van der Waals surface area (Å²) in [5.74, 6) is 0.792. The van der Waals surface area contributed by atoms with E-state index in [1.54, 1.807) is 23.1 Å². The minimum atomic E-state index is 0.0494. The maximum Gasteiger partial charge on any atom is 0.173 e. The zero-order valence-electron chi connectivity index (χ0n) is 12.0. The summed E-state index contributed by atoms with van der Waals surface area (Å²) in [7, 11) is 1.69. The molecular weight excluding hydrogens is 286 g/mol. The van der Waals surface area contributed by atoms with Gasteiger partial charge in [-0.15, -0.1) is 16.4 Å². The van der Waals surface area contributed by atoms with Crippen LogP contribution in [0.25, 0.3) is 15.8 Å². The van der Waals surface area contributed by atoms with Crippen molar-refractivity contribution in [2.24, 2.45) is 0 Å². The molecule has 2 aromatic heterocycles. The molecule has 1 N–H and O–H groups in total. The summed E-state index contributed by atoms with van der Waals surface area (Å²) in [5.41, 5.74) is 0.973. The molecule has 1 unspecified atom stereocenters. The molecule has 0 aliphatic carbocycles. The van der Waals surface area contributed by atoms with E-state index in [2.05, 4.69) is 44.4 Å². The van der Waals surface area contributed by atoms with Gasteiger partial charge in [-0.05, 0) is 52.4 Å². The van der Waals surface area contributed by atoms with Gasteiger partial charge in [0.05, 0.1) is 18.3 Å². The Kier molecular flexibility index (Phi) is 4.23. The van der Waals surface area contributed by atoms with E-state index in [4.69, 9.17) is 4.74 Å². The Morgan fingerprint density at radius 3 is 3.14 bits per heavy atom. The third-order valence-electron chi connectivity index (χ3n) is 3.32. The fourth-order valence-electron chi connectivity index (χ4n) is 2.20. The average molecular weight is 303 g/mol. The molecule has 21 heavy (non-hydrogen) atoms. The second-order valence-corrected chi connectivity index (χ2v) is 5.71. The van der Waals surface area contributed by atoms with Crippen molar-refractivity contribution in [3.63, 3.8) is 0 Å². The Morgan fingerprint density at radius 2 is 2.29 bits per heavy atom. The minimum Gasteiger partial charge on any atom is -0.383 e. The van der Waals surface area contributed by atoms with E-state index < -0.39 is 0 Å². The van der Waals surface area contributed by atoms with Crippen molar-refractivity contribution in [2.45, 2.75) is 13.0 Å². The molecule has 2 heterocycles. The predicted molar refractivity (Wildman–Crippen MR) is 82.8 cm³/mol. The van der Waals surface area contributed by atoms with Crippen LogP contribution in [0, 0.1) is 0 Å². The van der Waals surface area contributed by atoms with Gasteiger partial charge in [-0.25, -0.2) is 0 Å². The van der Waals surface area contributed by atoms with Gasteiger partial charge < -0.3 is 10.1 Å². The van der Waals surface area contributed by atoms with Gasteiger partial charge in [0.1, 0.15) is 0 Å². The van der Waals surface area contributed by atoms with Crippen molar-refractivity contribution in [3.05, 3.63) is 35.5 Å². The summed E-state index contributed by atoms with van der Waals surface area (Å²) in [4.78, 5) is 0. The SMILES string of the molecule is COCCNC(C)c1nnnn1-c1ccc2sccc2c1. The van der Waals surface area contributed by atoms with E-state index in [0.717, 1.165) is 18.1 Å². The predicted octanol–water partition coefficient (Wildman–Crippen LogP) is 2.17. The van der Waals surface area contributed by atoms with Gasteiger partial charge >= 0.3 is 0 Å². The first-order valence-corrected chi connectivity index (χ1v) is 7.66. The van der Waals surface area contributed by atoms with Crippen molar-refractivity contribution in [1.29, 1.82) is 0 Å². The van der Waals surface area contributed by atoms with Crippen LogP contribution in [-0.2, 0) is 4.74 Å². The van der Waals surface area contributed by atoms with Crippen LogP contribution in [0.2, 0.25) is 0 Å². The number of hydrogen-bond donors (Lipinski definition) is 1. The molecule has 0 fully saturated rings. The average Bonchev–Trinajstić information content (AvgIpc) is 3.15. The van der Waals surface area contributed by atoms with Crippen molar-refractivity contribution in [3.8, 4) is 5.69 Å². The third-order valence-corrected chi connectivity index (χ3v) is 4.22. The molecule has 1 aromatic carbocycles. The lowest BCUT2D eigenvalue weighted by Gasteiger charge is -2.13. The monoisotopic (exact) mass is 303 g/mol. The van der Waals surface area contributed by atoms with E-state index in [-0.39, 0.29) is 6.04 Å². The van der Waals surface area contributed by atoms with Crippen molar-refractivity contribution in [2.75, 3.05) is 20.3 Å². The number of benzene rings is 1. The number of hydrogen-bond acceptors (Lipinski definition) is 6. The molecule has 0 saturated carbocycles. The lowest BCUT2D eigenvalue weighted by Crippen LogP contribution is -2.25. The normalized spacial score (nSPS) is 12.9. The number of aromatic nitrogens is 4. The molecule has 3 aromatic rings. The molecule has 0 aliphatic heterocycles. The summed E-state index contributed by atoms with van der Waals surface area (Å²) in [6.45, 7) is 3.46. The summed E-state index contributed by atoms with van der Waals surface area (Å²) < 4.78 is 8.09. The summed E-state index contributed by atoms with van der Waals surface area (Å²) in [5, 5.41) is 18.7. The van der Waals surface area contributed by atoms with Crippen LogP contribution in [0.15, 0.2) is 29.6 Å². The molecule has 1 atom stereocenters. The number of rotatable bonds is 6. The van der Waals surface area contributed by atoms with Gasteiger partial charge in [-0.3, -0.25) is 0 Å². The maximum absolute atomic E-state index is 5.04. The maximum atomic E-state index is 5.04. The van der Waals surface area contributed by atoms with Gasteiger partial charge in [0.15, 0.2) is 5.82 Å². The van der Waals surface area contributed by atoms with Gasteiger partial charge in [0, 0.05) is 18.4 Å². The second kappa shape index (κ2) is 6.30. The fourth-order valence-corrected chi connectivity index (χ4v) is 2.97. The number of nitrogens with zero attached hydrogens (tertiary/aromatic N) is 4. The Morgan fingerprint density at radius 1 is 1.38 bits per heavy atom. The number of fused-ring (bicyclic) bond motifs is 1. The zero-order chi connectivity index (χ0) is 14.7.